The zero-order valence-corrected chi connectivity index (χ0v) is 12.1. The highest BCUT2D eigenvalue weighted by molar-refractivity contribution is 5.39. The Morgan fingerprint density at radius 1 is 1.21 bits per heavy atom. The first-order valence-corrected chi connectivity index (χ1v) is 6.86. The number of nitrogens with one attached hydrogen (secondary N) is 1. The fourth-order valence-corrected chi connectivity index (χ4v) is 1.73. The van der Waals surface area contributed by atoms with Gasteiger partial charge in [-0.3, -0.25) is 0 Å². The Bertz CT molecular complexity index is 344. The van der Waals surface area contributed by atoms with Crippen LogP contribution in [0.1, 0.15) is 20.3 Å². The molecule has 1 N–H and O–H groups in total. The van der Waals surface area contributed by atoms with E-state index in [1.807, 2.05) is 38.1 Å². The topological polar surface area (TPSA) is 39.7 Å². The maximum atomic E-state index is 5.89. The molecule has 4 nitrogen and oxygen atoms in total. The summed E-state index contributed by atoms with van der Waals surface area (Å²) in [4.78, 5) is 0. The molecule has 0 fully saturated rings. The summed E-state index contributed by atoms with van der Waals surface area (Å²) in [5, 5.41) is 3.35. The second-order valence-electron chi connectivity index (χ2n) is 4.36. The Labute approximate surface area is 116 Å². The molecule has 0 amide bonds. The van der Waals surface area contributed by atoms with E-state index in [2.05, 4.69) is 5.32 Å². The van der Waals surface area contributed by atoms with E-state index in [0.717, 1.165) is 37.6 Å². The van der Waals surface area contributed by atoms with E-state index >= 15 is 0 Å². The van der Waals surface area contributed by atoms with Gasteiger partial charge in [0, 0.05) is 20.3 Å². The van der Waals surface area contributed by atoms with E-state index in [-0.39, 0.29) is 6.10 Å². The quantitative estimate of drug-likeness (QED) is 0.661. The van der Waals surface area contributed by atoms with Crippen molar-refractivity contribution in [3.05, 3.63) is 24.3 Å². The van der Waals surface area contributed by atoms with Gasteiger partial charge in [0.2, 0.25) is 0 Å². The molecular formula is C15H25NO3. The van der Waals surface area contributed by atoms with Crippen LogP contribution in [0.4, 0.5) is 0 Å². The van der Waals surface area contributed by atoms with E-state index in [4.69, 9.17) is 14.2 Å². The van der Waals surface area contributed by atoms with Gasteiger partial charge in [0.25, 0.3) is 0 Å². The van der Waals surface area contributed by atoms with Gasteiger partial charge < -0.3 is 19.5 Å². The molecular weight excluding hydrogens is 242 g/mol. The van der Waals surface area contributed by atoms with Crippen LogP contribution in [0.3, 0.4) is 0 Å². The molecule has 0 saturated carbocycles. The molecule has 0 aromatic heterocycles. The van der Waals surface area contributed by atoms with Crippen molar-refractivity contribution in [2.24, 2.45) is 0 Å². The highest BCUT2D eigenvalue weighted by Gasteiger charge is 2.08. The monoisotopic (exact) mass is 267 g/mol. The van der Waals surface area contributed by atoms with Crippen molar-refractivity contribution in [1.29, 1.82) is 0 Å². The van der Waals surface area contributed by atoms with Gasteiger partial charge in [-0.2, -0.15) is 0 Å². The van der Waals surface area contributed by atoms with E-state index in [9.17, 15) is 0 Å². The van der Waals surface area contributed by atoms with Crippen LogP contribution in [0.25, 0.3) is 0 Å². The van der Waals surface area contributed by atoms with E-state index < -0.39 is 0 Å². The molecule has 0 heterocycles. The first kappa shape index (κ1) is 15.8. The summed E-state index contributed by atoms with van der Waals surface area (Å²) in [7, 11) is 1.72. The molecule has 4 heteroatoms. The number of para-hydroxylation sites is 2. The predicted octanol–water partition coefficient (Wildman–Crippen LogP) is 2.48. The van der Waals surface area contributed by atoms with Gasteiger partial charge in [0.1, 0.15) is 6.10 Å². The Kier molecular flexibility index (Phi) is 8.02. The van der Waals surface area contributed by atoms with Crippen molar-refractivity contribution >= 4 is 0 Å². The normalized spacial score (nSPS) is 12.2. The summed E-state index contributed by atoms with van der Waals surface area (Å²) < 4.78 is 16.4. The highest BCUT2D eigenvalue weighted by atomic mass is 16.5. The van der Waals surface area contributed by atoms with Crippen LogP contribution in [0.15, 0.2) is 24.3 Å². The van der Waals surface area contributed by atoms with Gasteiger partial charge >= 0.3 is 0 Å². The Balaban J connectivity index is 2.33. The van der Waals surface area contributed by atoms with Crippen molar-refractivity contribution < 1.29 is 14.2 Å². The third-order valence-corrected chi connectivity index (χ3v) is 2.61. The third kappa shape index (κ3) is 6.45. The average molecular weight is 267 g/mol. The molecule has 1 atom stereocenters. The Morgan fingerprint density at radius 3 is 2.63 bits per heavy atom. The molecule has 1 rings (SSSR count). The van der Waals surface area contributed by atoms with E-state index in [0.29, 0.717) is 6.61 Å². The van der Waals surface area contributed by atoms with Crippen LogP contribution < -0.4 is 14.8 Å². The Hall–Kier alpha value is -1.26. The molecule has 0 bridgehead atoms. The summed E-state index contributed by atoms with van der Waals surface area (Å²) in [6, 6.07) is 7.77. The maximum absolute atomic E-state index is 5.89. The molecule has 0 spiro atoms. The average Bonchev–Trinajstić information content (AvgIpc) is 2.41. The van der Waals surface area contributed by atoms with Crippen LogP contribution in [-0.2, 0) is 4.74 Å². The summed E-state index contributed by atoms with van der Waals surface area (Å²) in [5.74, 6) is 1.60. The number of methoxy groups -OCH3 is 1. The van der Waals surface area contributed by atoms with Crippen LogP contribution in [-0.4, -0.2) is 39.5 Å². The second kappa shape index (κ2) is 9.64. The van der Waals surface area contributed by atoms with Gasteiger partial charge in [-0.1, -0.05) is 12.1 Å². The van der Waals surface area contributed by atoms with E-state index in [1.54, 1.807) is 7.11 Å². The molecule has 0 radical (unpaired) electrons. The van der Waals surface area contributed by atoms with Crippen molar-refractivity contribution in [1.82, 2.24) is 5.32 Å². The van der Waals surface area contributed by atoms with Gasteiger partial charge in [-0.05, 0) is 38.9 Å². The van der Waals surface area contributed by atoms with Gasteiger partial charge in [-0.15, -0.1) is 0 Å². The lowest BCUT2D eigenvalue weighted by Gasteiger charge is -2.17. The molecule has 0 saturated heterocycles. The van der Waals surface area contributed by atoms with Crippen molar-refractivity contribution in [3.8, 4) is 11.5 Å². The number of hydrogen-bond donors (Lipinski definition) is 1. The molecule has 1 aromatic rings. The first-order chi connectivity index (χ1) is 9.27. The standard InChI is InChI=1S/C15H25NO3/c1-4-18-14-8-5-6-9-15(14)19-13(2)12-16-10-7-11-17-3/h5-6,8-9,13,16H,4,7,10-12H2,1-3H3. The summed E-state index contributed by atoms with van der Waals surface area (Å²) >= 11 is 0. The molecule has 1 unspecified atom stereocenters. The zero-order chi connectivity index (χ0) is 13.9. The molecule has 0 aliphatic rings. The third-order valence-electron chi connectivity index (χ3n) is 2.61. The minimum atomic E-state index is 0.101. The summed E-state index contributed by atoms with van der Waals surface area (Å²) in [6.07, 6.45) is 1.11. The van der Waals surface area contributed by atoms with Crippen LogP contribution in [0.5, 0.6) is 11.5 Å². The summed E-state index contributed by atoms with van der Waals surface area (Å²) in [5.41, 5.74) is 0. The zero-order valence-electron chi connectivity index (χ0n) is 12.1. The van der Waals surface area contributed by atoms with Crippen LogP contribution in [0, 0.1) is 0 Å². The lowest BCUT2D eigenvalue weighted by atomic mass is 10.3. The van der Waals surface area contributed by atoms with Crippen LogP contribution >= 0.6 is 0 Å². The SMILES string of the molecule is CCOc1ccccc1OC(C)CNCCCOC. The smallest absolute Gasteiger partial charge is 0.161 e. The first-order valence-electron chi connectivity index (χ1n) is 6.86. The molecule has 19 heavy (non-hydrogen) atoms. The predicted molar refractivity (Wildman–Crippen MR) is 77.1 cm³/mol. The molecule has 108 valence electrons. The number of benzene rings is 1. The number of ether oxygens (including phenoxy) is 3. The molecule has 1 aromatic carbocycles. The van der Waals surface area contributed by atoms with E-state index in [1.165, 1.54) is 0 Å². The second-order valence-corrected chi connectivity index (χ2v) is 4.36. The van der Waals surface area contributed by atoms with Crippen molar-refractivity contribution in [2.45, 2.75) is 26.4 Å². The number of rotatable bonds is 10. The van der Waals surface area contributed by atoms with Crippen molar-refractivity contribution in [2.75, 3.05) is 33.4 Å². The maximum Gasteiger partial charge on any atom is 0.161 e. The lowest BCUT2D eigenvalue weighted by molar-refractivity contribution is 0.185. The van der Waals surface area contributed by atoms with Gasteiger partial charge in [0.15, 0.2) is 11.5 Å². The fourth-order valence-electron chi connectivity index (χ4n) is 1.73. The van der Waals surface area contributed by atoms with Crippen LogP contribution in [0.2, 0.25) is 0 Å². The minimum Gasteiger partial charge on any atom is -0.490 e. The van der Waals surface area contributed by atoms with Crippen molar-refractivity contribution in [3.63, 3.8) is 0 Å². The minimum absolute atomic E-state index is 0.101. The summed E-state index contributed by atoms with van der Waals surface area (Å²) in [6.45, 7) is 7.20. The van der Waals surface area contributed by atoms with Gasteiger partial charge in [0.05, 0.1) is 6.61 Å². The largest absolute Gasteiger partial charge is 0.490 e. The van der Waals surface area contributed by atoms with Gasteiger partial charge in [-0.25, -0.2) is 0 Å². The fraction of sp³-hybridized carbons (Fsp3) is 0.600. The molecule has 0 aliphatic heterocycles. The lowest BCUT2D eigenvalue weighted by Crippen LogP contribution is -2.30. The molecule has 0 aliphatic carbocycles. The Morgan fingerprint density at radius 2 is 1.95 bits per heavy atom. The number of hydrogen-bond acceptors (Lipinski definition) is 4. The highest BCUT2D eigenvalue weighted by Crippen LogP contribution is 2.27.